The third-order valence-corrected chi connectivity index (χ3v) is 3.13. The molecule has 2 N–H and O–H groups in total. The summed E-state index contributed by atoms with van der Waals surface area (Å²) in [5.41, 5.74) is 1.98. The van der Waals surface area contributed by atoms with Gasteiger partial charge < -0.3 is 20.3 Å². The number of aryl methyl sites for hydroxylation is 1. The lowest BCUT2D eigenvalue weighted by molar-refractivity contribution is 0.0164. The van der Waals surface area contributed by atoms with Crippen LogP contribution in [0.15, 0.2) is 24.3 Å². The summed E-state index contributed by atoms with van der Waals surface area (Å²) in [7, 11) is 1.78. The molecule has 1 unspecified atom stereocenters. The zero-order valence-corrected chi connectivity index (χ0v) is 11.5. The van der Waals surface area contributed by atoms with Gasteiger partial charge in [0.25, 0.3) is 0 Å². The van der Waals surface area contributed by atoms with Crippen molar-refractivity contribution in [2.24, 2.45) is 0 Å². The molecule has 0 aliphatic carbocycles. The van der Waals surface area contributed by atoms with Crippen molar-refractivity contribution < 1.29 is 9.53 Å². The molecule has 1 aliphatic heterocycles. The number of anilines is 1. The Kier molecular flexibility index (Phi) is 4.76. The summed E-state index contributed by atoms with van der Waals surface area (Å²) in [6, 6.07) is 7.64. The molecule has 19 heavy (non-hydrogen) atoms. The van der Waals surface area contributed by atoms with Gasteiger partial charge in [0.05, 0.1) is 12.7 Å². The number of likely N-dealkylation sites (N-methyl/N-ethyl adjacent to an activating group) is 1. The van der Waals surface area contributed by atoms with Crippen molar-refractivity contribution in [3.63, 3.8) is 0 Å². The van der Waals surface area contributed by atoms with Gasteiger partial charge in [0.2, 0.25) is 0 Å². The molecule has 1 aromatic carbocycles. The largest absolute Gasteiger partial charge is 0.374 e. The van der Waals surface area contributed by atoms with Crippen LogP contribution in [0.3, 0.4) is 0 Å². The molecule has 1 saturated heterocycles. The zero-order chi connectivity index (χ0) is 13.7. The summed E-state index contributed by atoms with van der Waals surface area (Å²) in [6.07, 6.45) is 0.0718. The molecule has 1 fully saturated rings. The van der Waals surface area contributed by atoms with Crippen LogP contribution >= 0.6 is 0 Å². The quantitative estimate of drug-likeness (QED) is 0.868. The van der Waals surface area contributed by atoms with Gasteiger partial charge in [-0.25, -0.2) is 4.79 Å². The monoisotopic (exact) mass is 263 g/mol. The maximum absolute atomic E-state index is 12.0. The normalized spacial score (nSPS) is 18.9. The average Bonchev–Trinajstić information content (AvgIpc) is 2.42. The van der Waals surface area contributed by atoms with Crippen molar-refractivity contribution in [2.75, 3.05) is 38.6 Å². The highest BCUT2D eigenvalue weighted by atomic mass is 16.5. The van der Waals surface area contributed by atoms with Crippen LogP contribution < -0.4 is 10.6 Å². The predicted octanol–water partition coefficient (Wildman–Crippen LogP) is 1.45. The lowest BCUT2D eigenvalue weighted by Crippen LogP contribution is -2.46. The van der Waals surface area contributed by atoms with Crippen molar-refractivity contribution >= 4 is 11.7 Å². The Balaban J connectivity index is 1.83. The van der Waals surface area contributed by atoms with E-state index in [2.05, 4.69) is 10.6 Å². The number of amides is 2. The number of nitrogens with one attached hydrogen (secondary N) is 2. The highest BCUT2D eigenvalue weighted by Crippen LogP contribution is 2.09. The molecule has 1 heterocycles. The van der Waals surface area contributed by atoms with E-state index in [9.17, 15) is 4.79 Å². The van der Waals surface area contributed by atoms with Crippen molar-refractivity contribution in [1.29, 1.82) is 0 Å². The first-order valence-electron chi connectivity index (χ1n) is 6.56. The fourth-order valence-electron chi connectivity index (χ4n) is 1.98. The molecule has 0 spiro atoms. The second kappa shape index (κ2) is 6.54. The van der Waals surface area contributed by atoms with E-state index in [0.29, 0.717) is 13.2 Å². The van der Waals surface area contributed by atoms with E-state index >= 15 is 0 Å². The molecule has 0 saturated carbocycles. The van der Waals surface area contributed by atoms with Crippen LogP contribution in [0.4, 0.5) is 10.5 Å². The highest BCUT2D eigenvalue weighted by Gasteiger charge is 2.18. The molecule has 0 radical (unpaired) electrons. The van der Waals surface area contributed by atoms with Crippen LogP contribution in [0, 0.1) is 6.92 Å². The minimum atomic E-state index is -0.113. The first-order chi connectivity index (χ1) is 9.15. The number of urea groups is 1. The van der Waals surface area contributed by atoms with Crippen LogP contribution in [0.5, 0.6) is 0 Å². The van der Waals surface area contributed by atoms with E-state index in [4.69, 9.17) is 4.74 Å². The molecular weight excluding hydrogens is 242 g/mol. The van der Waals surface area contributed by atoms with Crippen LogP contribution in [0.2, 0.25) is 0 Å². The minimum Gasteiger partial charge on any atom is -0.374 e. The van der Waals surface area contributed by atoms with Gasteiger partial charge in [0.1, 0.15) is 0 Å². The Morgan fingerprint density at radius 1 is 1.47 bits per heavy atom. The van der Waals surface area contributed by atoms with Gasteiger partial charge in [0.15, 0.2) is 0 Å². The third-order valence-electron chi connectivity index (χ3n) is 3.13. The van der Waals surface area contributed by atoms with Gasteiger partial charge in [-0.1, -0.05) is 17.7 Å². The first kappa shape index (κ1) is 13.8. The van der Waals surface area contributed by atoms with E-state index in [-0.39, 0.29) is 12.1 Å². The summed E-state index contributed by atoms with van der Waals surface area (Å²) in [6.45, 7) is 4.99. The number of rotatable bonds is 3. The second-order valence-electron chi connectivity index (χ2n) is 4.87. The second-order valence-corrected chi connectivity index (χ2v) is 4.87. The van der Waals surface area contributed by atoms with Gasteiger partial charge in [-0.15, -0.1) is 0 Å². The number of carbonyl (C=O) groups is 1. The summed E-state index contributed by atoms with van der Waals surface area (Å²) < 4.78 is 5.58. The maximum Gasteiger partial charge on any atom is 0.321 e. The number of hydrogen-bond donors (Lipinski definition) is 2. The van der Waals surface area contributed by atoms with E-state index in [1.165, 1.54) is 5.56 Å². The minimum absolute atomic E-state index is 0.0718. The molecular formula is C14H21N3O2. The number of benzene rings is 1. The van der Waals surface area contributed by atoms with E-state index in [1.54, 1.807) is 11.9 Å². The molecule has 1 aromatic rings. The Morgan fingerprint density at radius 3 is 2.84 bits per heavy atom. The molecule has 0 aromatic heterocycles. The predicted molar refractivity (Wildman–Crippen MR) is 75.4 cm³/mol. The molecule has 5 heteroatoms. The summed E-state index contributed by atoms with van der Waals surface area (Å²) in [5, 5.41) is 6.12. The van der Waals surface area contributed by atoms with Crippen molar-refractivity contribution in [3.05, 3.63) is 29.8 Å². The van der Waals surface area contributed by atoms with Crippen LogP contribution in [0.1, 0.15) is 5.56 Å². The van der Waals surface area contributed by atoms with Crippen LogP contribution in [0.25, 0.3) is 0 Å². The molecule has 1 atom stereocenters. The standard InChI is InChI=1S/C14H21N3O2/c1-11-3-5-12(6-4-11)16-14(18)17(2)10-13-9-15-7-8-19-13/h3-6,13,15H,7-10H2,1-2H3,(H,16,18). The number of ether oxygens (including phenoxy) is 1. The number of morpholine rings is 1. The fraction of sp³-hybridized carbons (Fsp3) is 0.500. The SMILES string of the molecule is Cc1ccc(NC(=O)N(C)CC2CNCCO2)cc1. The van der Waals surface area contributed by atoms with Gasteiger partial charge in [-0.2, -0.15) is 0 Å². The summed E-state index contributed by atoms with van der Waals surface area (Å²) >= 11 is 0. The van der Waals surface area contributed by atoms with E-state index < -0.39 is 0 Å². The number of hydrogen-bond acceptors (Lipinski definition) is 3. The number of nitrogens with zero attached hydrogens (tertiary/aromatic N) is 1. The Labute approximate surface area is 113 Å². The Morgan fingerprint density at radius 2 is 2.21 bits per heavy atom. The Hall–Kier alpha value is -1.59. The molecule has 1 aliphatic rings. The van der Waals surface area contributed by atoms with Gasteiger partial charge >= 0.3 is 6.03 Å². The van der Waals surface area contributed by atoms with Gasteiger partial charge in [0, 0.05) is 32.4 Å². The summed E-state index contributed by atoms with van der Waals surface area (Å²) in [5.74, 6) is 0. The topological polar surface area (TPSA) is 53.6 Å². The van der Waals surface area contributed by atoms with Gasteiger partial charge in [-0.05, 0) is 19.1 Å². The van der Waals surface area contributed by atoms with Crippen LogP contribution in [-0.2, 0) is 4.74 Å². The van der Waals surface area contributed by atoms with Crippen molar-refractivity contribution in [1.82, 2.24) is 10.2 Å². The van der Waals surface area contributed by atoms with Crippen molar-refractivity contribution in [2.45, 2.75) is 13.0 Å². The Bertz CT molecular complexity index is 413. The first-order valence-corrected chi connectivity index (χ1v) is 6.56. The van der Waals surface area contributed by atoms with Crippen LogP contribution in [-0.4, -0.2) is 50.3 Å². The maximum atomic E-state index is 12.0. The van der Waals surface area contributed by atoms with E-state index in [0.717, 1.165) is 18.8 Å². The molecule has 0 bridgehead atoms. The van der Waals surface area contributed by atoms with E-state index in [1.807, 2.05) is 31.2 Å². The third kappa shape index (κ3) is 4.22. The smallest absolute Gasteiger partial charge is 0.321 e. The zero-order valence-electron chi connectivity index (χ0n) is 11.5. The molecule has 5 nitrogen and oxygen atoms in total. The lowest BCUT2D eigenvalue weighted by Gasteiger charge is -2.28. The fourth-order valence-corrected chi connectivity index (χ4v) is 1.98. The lowest BCUT2D eigenvalue weighted by atomic mass is 10.2. The van der Waals surface area contributed by atoms with Gasteiger partial charge in [-0.3, -0.25) is 0 Å². The summed E-state index contributed by atoms with van der Waals surface area (Å²) in [4.78, 5) is 13.7. The molecule has 104 valence electrons. The van der Waals surface area contributed by atoms with Crippen molar-refractivity contribution in [3.8, 4) is 0 Å². The molecule has 2 rings (SSSR count). The average molecular weight is 263 g/mol. The number of carbonyl (C=O) groups excluding carboxylic acids is 1. The highest BCUT2D eigenvalue weighted by molar-refractivity contribution is 5.89. The molecule has 2 amide bonds.